The third-order valence-electron chi connectivity index (χ3n) is 1.65. The molecule has 0 saturated carbocycles. The molecule has 0 heterocycles. The van der Waals surface area contributed by atoms with Crippen molar-refractivity contribution in [1.29, 1.82) is 0 Å². The van der Waals surface area contributed by atoms with E-state index in [1.165, 1.54) is 11.8 Å². The monoisotopic (exact) mass is 209 g/mol. The molecule has 0 amide bonds. The van der Waals surface area contributed by atoms with E-state index in [0.29, 0.717) is 17.4 Å². The molecule has 0 fully saturated rings. The Morgan fingerprint density at radius 2 is 2.00 bits per heavy atom. The van der Waals surface area contributed by atoms with Gasteiger partial charge in [0.25, 0.3) is 5.88 Å². The third-order valence-corrected chi connectivity index (χ3v) is 2.50. The first-order valence-electron chi connectivity index (χ1n) is 4.00. The highest BCUT2D eigenvalue weighted by molar-refractivity contribution is 7.99. The van der Waals surface area contributed by atoms with Crippen LogP contribution < -0.4 is 9.47 Å². The smallest absolute Gasteiger partial charge is 0.264 e. The van der Waals surface area contributed by atoms with Gasteiger partial charge in [-0.25, -0.2) is 6.57 Å². The van der Waals surface area contributed by atoms with Crippen LogP contribution >= 0.6 is 11.8 Å². The lowest BCUT2D eigenvalue weighted by atomic mass is 10.3. The van der Waals surface area contributed by atoms with Crippen molar-refractivity contribution in [3.63, 3.8) is 0 Å². The van der Waals surface area contributed by atoms with Crippen LogP contribution in [0.25, 0.3) is 4.85 Å². The third kappa shape index (κ3) is 2.57. The molecule has 1 rings (SSSR count). The topological polar surface area (TPSA) is 22.8 Å². The maximum atomic E-state index is 6.68. The Morgan fingerprint density at radius 1 is 1.29 bits per heavy atom. The van der Waals surface area contributed by atoms with Crippen LogP contribution in [0.2, 0.25) is 0 Å². The van der Waals surface area contributed by atoms with Gasteiger partial charge in [-0.2, -0.15) is 0 Å². The van der Waals surface area contributed by atoms with Gasteiger partial charge in [0.2, 0.25) is 0 Å². The predicted octanol–water partition coefficient (Wildman–Crippen LogP) is 2.67. The number of hydrogen-bond acceptors (Lipinski definition) is 3. The molecule has 0 aliphatic carbocycles. The van der Waals surface area contributed by atoms with Gasteiger partial charge in [-0.05, 0) is 30.0 Å². The van der Waals surface area contributed by atoms with E-state index >= 15 is 0 Å². The molecule has 1 aromatic carbocycles. The highest BCUT2D eigenvalue weighted by Crippen LogP contribution is 2.31. The van der Waals surface area contributed by atoms with Gasteiger partial charge < -0.3 is 14.3 Å². The molecule has 0 aliphatic heterocycles. The number of thioether (sulfide) groups is 1. The summed E-state index contributed by atoms with van der Waals surface area (Å²) in [7, 11) is 3.20. The van der Waals surface area contributed by atoms with Crippen molar-refractivity contribution in [3.05, 3.63) is 29.6 Å². The Balaban J connectivity index is 2.85. The second-order valence-corrected chi connectivity index (χ2v) is 3.47. The zero-order valence-electron chi connectivity index (χ0n) is 8.11. The Morgan fingerprint density at radius 3 is 2.57 bits per heavy atom. The molecule has 0 spiro atoms. The zero-order valence-corrected chi connectivity index (χ0v) is 8.93. The number of methoxy groups -OCH3 is 2. The lowest BCUT2D eigenvalue weighted by Crippen LogP contribution is -1.90. The summed E-state index contributed by atoms with van der Waals surface area (Å²) in [4.78, 5) is 4.28. The molecular weight excluding hydrogens is 198 g/mol. The number of benzene rings is 1. The highest BCUT2D eigenvalue weighted by atomic mass is 32.2. The summed E-state index contributed by atoms with van der Waals surface area (Å²) >= 11 is 1.48. The summed E-state index contributed by atoms with van der Waals surface area (Å²) in [5.41, 5.74) is 0. The van der Waals surface area contributed by atoms with Gasteiger partial charge in [-0.3, -0.25) is 0 Å². The van der Waals surface area contributed by atoms with E-state index in [0.717, 1.165) is 4.90 Å². The van der Waals surface area contributed by atoms with E-state index in [1.54, 1.807) is 14.2 Å². The summed E-state index contributed by atoms with van der Waals surface area (Å²) in [6.07, 6.45) is 0. The summed E-state index contributed by atoms with van der Waals surface area (Å²) in [5.74, 6) is 1.83. The molecule has 0 aliphatic rings. The first-order chi connectivity index (χ1) is 6.81. The summed E-state index contributed by atoms with van der Waals surface area (Å²) in [5, 5.41) is 0. The highest BCUT2D eigenvalue weighted by Gasteiger charge is 2.04. The first kappa shape index (κ1) is 10.7. The van der Waals surface area contributed by atoms with E-state index in [9.17, 15) is 0 Å². The molecule has 4 heteroatoms. The molecular formula is C10H11NO2S. The van der Waals surface area contributed by atoms with Crippen LogP contribution in [0.1, 0.15) is 0 Å². The second-order valence-electron chi connectivity index (χ2n) is 2.45. The number of rotatable bonds is 4. The summed E-state index contributed by atoms with van der Waals surface area (Å²) in [6.45, 7) is 6.68. The van der Waals surface area contributed by atoms with E-state index in [1.807, 2.05) is 18.2 Å². The predicted molar refractivity (Wildman–Crippen MR) is 56.9 cm³/mol. The average molecular weight is 209 g/mol. The van der Waals surface area contributed by atoms with Gasteiger partial charge in [-0.1, -0.05) is 0 Å². The Hall–Kier alpha value is -1.34. The van der Waals surface area contributed by atoms with Crippen molar-refractivity contribution >= 4 is 11.8 Å². The fraction of sp³-hybridized carbons (Fsp3) is 0.300. The zero-order chi connectivity index (χ0) is 10.4. The minimum Gasteiger partial charge on any atom is -0.493 e. The van der Waals surface area contributed by atoms with Gasteiger partial charge in [0, 0.05) is 4.90 Å². The largest absolute Gasteiger partial charge is 0.493 e. The Labute approximate surface area is 87.8 Å². The normalized spacial score (nSPS) is 9.21. The molecule has 0 bridgehead atoms. The van der Waals surface area contributed by atoms with Crippen LogP contribution in [0.5, 0.6) is 11.5 Å². The molecule has 0 atom stereocenters. The molecule has 0 unspecified atom stereocenters. The minimum atomic E-state index is 0.426. The Bertz CT molecular complexity index is 346. The van der Waals surface area contributed by atoms with Crippen LogP contribution in [0, 0.1) is 6.57 Å². The van der Waals surface area contributed by atoms with Crippen LogP contribution in [-0.4, -0.2) is 20.1 Å². The van der Waals surface area contributed by atoms with E-state index in [-0.39, 0.29) is 0 Å². The fourth-order valence-corrected chi connectivity index (χ4v) is 1.58. The van der Waals surface area contributed by atoms with Crippen molar-refractivity contribution < 1.29 is 9.47 Å². The van der Waals surface area contributed by atoms with Gasteiger partial charge in [0.05, 0.1) is 14.2 Å². The second kappa shape index (κ2) is 5.40. The fourth-order valence-electron chi connectivity index (χ4n) is 1.01. The molecule has 0 radical (unpaired) electrons. The maximum absolute atomic E-state index is 6.68. The quantitative estimate of drug-likeness (QED) is 0.562. The molecule has 0 aromatic heterocycles. The van der Waals surface area contributed by atoms with Gasteiger partial charge in [0.1, 0.15) is 0 Å². The Kier molecular flexibility index (Phi) is 4.14. The molecule has 74 valence electrons. The lowest BCUT2D eigenvalue weighted by Gasteiger charge is -2.07. The number of ether oxygens (including phenoxy) is 2. The summed E-state index contributed by atoms with van der Waals surface area (Å²) in [6, 6.07) is 5.62. The molecule has 1 aromatic rings. The van der Waals surface area contributed by atoms with Crippen molar-refractivity contribution in [2.45, 2.75) is 4.90 Å². The number of nitrogens with zero attached hydrogens (tertiary/aromatic N) is 1. The van der Waals surface area contributed by atoms with E-state index in [2.05, 4.69) is 4.85 Å². The van der Waals surface area contributed by atoms with Gasteiger partial charge in [0.15, 0.2) is 11.5 Å². The van der Waals surface area contributed by atoms with Crippen molar-refractivity contribution in [2.75, 3.05) is 20.1 Å². The molecule has 0 saturated heterocycles. The van der Waals surface area contributed by atoms with Crippen molar-refractivity contribution in [1.82, 2.24) is 0 Å². The van der Waals surface area contributed by atoms with E-state index in [4.69, 9.17) is 16.0 Å². The number of hydrogen-bond donors (Lipinski definition) is 0. The van der Waals surface area contributed by atoms with Gasteiger partial charge >= 0.3 is 0 Å². The van der Waals surface area contributed by atoms with Crippen LogP contribution in [0.15, 0.2) is 23.1 Å². The molecule has 3 nitrogen and oxygen atoms in total. The van der Waals surface area contributed by atoms with Gasteiger partial charge in [-0.15, -0.1) is 0 Å². The molecule has 14 heavy (non-hydrogen) atoms. The SMILES string of the molecule is [C-]#[N+]CSc1ccc(OC)c(OC)c1. The molecule has 0 N–H and O–H groups in total. The van der Waals surface area contributed by atoms with Crippen LogP contribution in [0.4, 0.5) is 0 Å². The minimum absolute atomic E-state index is 0.426. The average Bonchev–Trinajstić information content (AvgIpc) is 2.25. The van der Waals surface area contributed by atoms with Crippen molar-refractivity contribution in [3.8, 4) is 11.5 Å². The standard InChI is InChI=1S/C10H11NO2S/c1-11-7-14-8-4-5-9(12-2)10(6-8)13-3/h4-6H,7H2,2-3H3. The maximum Gasteiger partial charge on any atom is 0.264 e. The lowest BCUT2D eigenvalue weighted by molar-refractivity contribution is 0.354. The van der Waals surface area contributed by atoms with Crippen LogP contribution in [0.3, 0.4) is 0 Å². The van der Waals surface area contributed by atoms with Crippen molar-refractivity contribution in [2.24, 2.45) is 0 Å². The van der Waals surface area contributed by atoms with E-state index < -0.39 is 0 Å². The van der Waals surface area contributed by atoms with Crippen LogP contribution in [-0.2, 0) is 0 Å². The summed E-state index contributed by atoms with van der Waals surface area (Å²) < 4.78 is 10.2. The first-order valence-corrected chi connectivity index (χ1v) is 4.98.